The predicted octanol–water partition coefficient (Wildman–Crippen LogP) is 16.3. The smallest absolute Gasteiger partial charge is 0.264 e. The van der Waals surface area contributed by atoms with E-state index in [1.807, 2.05) is 22.7 Å². The van der Waals surface area contributed by atoms with Crippen LogP contribution in [-0.4, -0.2) is 11.3 Å². The molecule has 0 saturated carbocycles. The molecule has 3 aliphatic rings. The molecule has 0 aliphatic carbocycles. The molecule has 13 rings (SSSR count). The van der Waals surface area contributed by atoms with Crippen LogP contribution in [0.25, 0.3) is 57.8 Å². The van der Waals surface area contributed by atoms with Crippen LogP contribution in [-0.2, 0) is 21.7 Å². The second-order valence-corrected chi connectivity index (χ2v) is 26.1. The molecule has 6 heteroatoms. The van der Waals surface area contributed by atoms with E-state index in [0.29, 0.717) is 0 Å². The molecular weight excluding hydrogens is 850 g/mol. The molecule has 10 aromatic rings. The number of hydrogen-bond acceptors (Lipinski definition) is 4. The summed E-state index contributed by atoms with van der Waals surface area (Å²) in [6, 6.07) is 45.8. The maximum Gasteiger partial charge on any atom is 0.264 e. The highest BCUT2D eigenvalue weighted by atomic mass is 32.1. The lowest BCUT2D eigenvalue weighted by atomic mass is 9.35. The van der Waals surface area contributed by atoms with Crippen LogP contribution in [0.1, 0.15) is 111 Å². The normalized spacial score (nSPS) is 14.6. The Labute approximate surface area is 403 Å². The van der Waals surface area contributed by atoms with Gasteiger partial charge in [0.15, 0.2) is 0 Å². The quantitative estimate of drug-likeness (QED) is 0.152. The molecule has 0 bridgehead atoms. The zero-order chi connectivity index (χ0) is 46.6. The fraction of sp³-hybridized carbons (Fsp3) is 0.279. The largest absolute Gasteiger partial charge is 0.309 e. The van der Waals surface area contributed by atoms with Gasteiger partial charge < -0.3 is 14.4 Å². The summed E-state index contributed by atoms with van der Waals surface area (Å²) in [5.41, 5.74) is 21.0. The molecule has 0 spiro atoms. The zero-order valence-corrected chi connectivity index (χ0v) is 42.8. The summed E-state index contributed by atoms with van der Waals surface area (Å²) in [5, 5.41) is 6.66. The van der Waals surface area contributed by atoms with Crippen LogP contribution in [0.3, 0.4) is 0 Å². The van der Waals surface area contributed by atoms with Crippen LogP contribution in [0.15, 0.2) is 115 Å². The number of benzene rings is 7. The Morgan fingerprint density at radius 3 is 1.72 bits per heavy atom. The molecule has 0 saturated heterocycles. The second kappa shape index (κ2) is 13.2. The highest BCUT2D eigenvalue weighted by Crippen LogP contribution is 2.56. The van der Waals surface area contributed by atoms with E-state index in [1.54, 1.807) is 0 Å². The van der Waals surface area contributed by atoms with Crippen LogP contribution in [0.2, 0.25) is 0 Å². The maximum atomic E-state index is 2.72. The Kier molecular flexibility index (Phi) is 8.18. The molecule has 7 aromatic carbocycles. The zero-order valence-electron chi connectivity index (χ0n) is 41.2. The Hall–Kier alpha value is -5.82. The number of nitrogens with zero attached hydrogens (tertiary/aromatic N) is 3. The summed E-state index contributed by atoms with van der Waals surface area (Å²) in [5.74, 6) is 0. The van der Waals surface area contributed by atoms with Gasteiger partial charge in [-0.3, -0.25) is 0 Å². The SMILES string of the molecule is Cc1cc2c3c(c1)N1c4c(cc(C(C)(C)C)cc4-n4c5ccc(C(C)(C)C)cc5c5cc(C(C)(C)C)cc1c54)B3c1sc3ccc(C(C)(C)C)cc3c1N2c1cccc2c1sc1ccccc12. The van der Waals surface area contributed by atoms with Crippen LogP contribution in [0, 0.1) is 6.92 Å². The number of anilines is 6. The molecule has 0 fully saturated rings. The van der Waals surface area contributed by atoms with Crippen LogP contribution in [0.4, 0.5) is 34.1 Å². The lowest BCUT2D eigenvalue weighted by molar-refractivity contribution is 0.590. The monoisotopic (exact) mass is 907 g/mol. The maximum absolute atomic E-state index is 2.72. The summed E-state index contributed by atoms with van der Waals surface area (Å²) in [6.07, 6.45) is 0. The lowest BCUT2D eigenvalue weighted by Gasteiger charge is -2.46. The molecule has 0 unspecified atom stereocenters. The Balaban J connectivity index is 1.22. The van der Waals surface area contributed by atoms with Crippen molar-refractivity contribution in [2.75, 3.05) is 9.80 Å². The van der Waals surface area contributed by atoms with Crippen molar-refractivity contribution in [3.05, 3.63) is 143 Å². The van der Waals surface area contributed by atoms with E-state index in [0.717, 1.165) is 0 Å². The van der Waals surface area contributed by atoms with Crippen molar-refractivity contribution >= 4 is 131 Å². The first-order valence-electron chi connectivity index (χ1n) is 24.2. The summed E-state index contributed by atoms with van der Waals surface area (Å²) in [7, 11) is 0. The lowest BCUT2D eigenvalue weighted by Crippen LogP contribution is -2.61. The molecule has 332 valence electrons. The first kappa shape index (κ1) is 41.4. The van der Waals surface area contributed by atoms with Gasteiger partial charge in [0.2, 0.25) is 0 Å². The van der Waals surface area contributed by atoms with Crippen molar-refractivity contribution in [2.45, 2.75) is 112 Å². The summed E-state index contributed by atoms with van der Waals surface area (Å²) in [6.45, 7) is 30.7. The van der Waals surface area contributed by atoms with E-state index >= 15 is 0 Å². The molecule has 3 aromatic heterocycles. The number of aromatic nitrogens is 1. The number of hydrogen-bond donors (Lipinski definition) is 0. The molecule has 3 nitrogen and oxygen atoms in total. The van der Waals surface area contributed by atoms with Crippen molar-refractivity contribution in [3.8, 4) is 5.69 Å². The van der Waals surface area contributed by atoms with Gasteiger partial charge in [0, 0.05) is 52.5 Å². The molecule has 0 N–H and O–H groups in total. The number of rotatable bonds is 1. The van der Waals surface area contributed by atoms with Crippen molar-refractivity contribution in [3.63, 3.8) is 0 Å². The molecular formula is C61H58BN3S2. The standard InChI is InChI=1S/C61H58BN3S2/c1-33-25-46-52-47(26-33)65-48-31-36(60(8,9)10)29-41-40-27-34(58(2,3)4)21-23-44(40)63(53(41)48)49-32-37(61(11,12)13)30-43(55(49)65)62(52)57-54(42-28-35(59(5,6)7)22-24-51(42)67-57)64(46)45-19-16-18-39-38-17-14-15-20-50(38)66-56(39)45/h14-32H,1-13H3. The van der Waals surface area contributed by atoms with Gasteiger partial charge in [-0.25, -0.2) is 0 Å². The fourth-order valence-corrected chi connectivity index (χ4v) is 14.2. The number of thiophene rings is 2. The van der Waals surface area contributed by atoms with Crippen LogP contribution >= 0.6 is 22.7 Å². The first-order chi connectivity index (χ1) is 31.7. The molecule has 0 radical (unpaired) electrons. The van der Waals surface area contributed by atoms with E-state index < -0.39 is 0 Å². The van der Waals surface area contributed by atoms with Crippen LogP contribution in [0.5, 0.6) is 0 Å². The number of aryl methyl sites for hydroxylation is 1. The summed E-state index contributed by atoms with van der Waals surface area (Å²) >= 11 is 3.94. The third-order valence-electron chi connectivity index (χ3n) is 15.3. The van der Waals surface area contributed by atoms with Gasteiger partial charge in [-0.2, -0.15) is 0 Å². The minimum absolute atomic E-state index is 0.00106. The summed E-state index contributed by atoms with van der Waals surface area (Å²) < 4.78 is 8.09. The van der Waals surface area contributed by atoms with E-state index in [9.17, 15) is 0 Å². The Morgan fingerprint density at radius 2 is 1.01 bits per heavy atom. The van der Waals surface area contributed by atoms with E-state index in [-0.39, 0.29) is 28.4 Å². The van der Waals surface area contributed by atoms with Gasteiger partial charge in [-0.1, -0.05) is 132 Å². The average Bonchev–Trinajstić information content (AvgIpc) is 3.94. The highest BCUT2D eigenvalue weighted by molar-refractivity contribution is 7.34. The van der Waals surface area contributed by atoms with Gasteiger partial charge in [-0.15, -0.1) is 22.7 Å². The number of fused-ring (bicyclic) bond motifs is 14. The first-order valence-corrected chi connectivity index (χ1v) is 25.8. The fourth-order valence-electron chi connectivity index (χ4n) is 11.7. The molecule has 0 atom stereocenters. The minimum atomic E-state index is -0.0906. The molecule has 6 heterocycles. The molecule has 67 heavy (non-hydrogen) atoms. The highest BCUT2D eigenvalue weighted by Gasteiger charge is 2.49. The van der Waals surface area contributed by atoms with Crippen molar-refractivity contribution in [2.24, 2.45) is 0 Å². The van der Waals surface area contributed by atoms with Gasteiger partial charge in [0.1, 0.15) is 0 Å². The van der Waals surface area contributed by atoms with Crippen molar-refractivity contribution in [1.82, 2.24) is 4.57 Å². The average molecular weight is 908 g/mol. The minimum Gasteiger partial charge on any atom is -0.309 e. The predicted molar refractivity (Wildman–Crippen MR) is 296 cm³/mol. The third-order valence-corrected chi connectivity index (χ3v) is 17.7. The summed E-state index contributed by atoms with van der Waals surface area (Å²) in [4.78, 5) is 5.42. The van der Waals surface area contributed by atoms with Gasteiger partial charge >= 0.3 is 0 Å². The topological polar surface area (TPSA) is 11.4 Å². The van der Waals surface area contributed by atoms with E-state index in [2.05, 4.69) is 220 Å². The van der Waals surface area contributed by atoms with Crippen molar-refractivity contribution in [1.29, 1.82) is 0 Å². The molecule has 3 aliphatic heterocycles. The van der Waals surface area contributed by atoms with Gasteiger partial charge in [0.25, 0.3) is 6.71 Å². The third kappa shape index (κ3) is 5.69. The Morgan fingerprint density at radius 1 is 0.433 bits per heavy atom. The van der Waals surface area contributed by atoms with Crippen LogP contribution < -0.4 is 25.5 Å². The Bertz CT molecular complexity index is 3830. The van der Waals surface area contributed by atoms with E-state index in [1.165, 1.54) is 135 Å². The van der Waals surface area contributed by atoms with E-state index in [4.69, 9.17) is 0 Å². The van der Waals surface area contributed by atoms with Gasteiger partial charge in [0.05, 0.1) is 44.2 Å². The van der Waals surface area contributed by atoms with Crippen molar-refractivity contribution < 1.29 is 0 Å². The second-order valence-electron chi connectivity index (χ2n) is 24.0. The molecule has 0 amide bonds. The van der Waals surface area contributed by atoms with Gasteiger partial charge in [-0.05, 0) is 134 Å².